The number of nitro groups is 1. The highest BCUT2D eigenvalue weighted by atomic mass is 16.6. The molecule has 0 saturated heterocycles. The normalized spacial score (nSPS) is 8.06. The Labute approximate surface area is 97.1 Å². The highest BCUT2D eigenvalue weighted by Crippen LogP contribution is 2.26. The fraction of sp³-hybridized carbons (Fsp3) is 0.500. The summed E-state index contributed by atoms with van der Waals surface area (Å²) in [6, 6.07) is 4.40. The molecule has 0 heterocycles. The van der Waals surface area contributed by atoms with Crippen LogP contribution in [0.25, 0.3) is 0 Å². The second-order valence-electron chi connectivity index (χ2n) is 2.43. The molecule has 0 aliphatic heterocycles. The smallest absolute Gasteiger partial charge is 0.310 e. The number of aryl methyl sites for hydroxylation is 1. The molecule has 0 bridgehead atoms. The molecule has 0 aliphatic rings. The van der Waals surface area contributed by atoms with Crippen molar-refractivity contribution in [3.63, 3.8) is 0 Å². The highest BCUT2D eigenvalue weighted by Gasteiger charge is 2.12. The molecule has 0 aromatic heterocycles. The zero-order valence-electron chi connectivity index (χ0n) is 10.7. The lowest BCUT2D eigenvalue weighted by Crippen LogP contribution is -1.90. The van der Waals surface area contributed by atoms with E-state index in [0.717, 1.165) is 12.0 Å². The van der Waals surface area contributed by atoms with E-state index in [9.17, 15) is 10.1 Å². The summed E-state index contributed by atoms with van der Waals surface area (Å²) in [4.78, 5) is 9.75. The topological polar surface area (TPSA) is 63.4 Å². The molecule has 0 aliphatic carbocycles. The SMILES string of the molecule is CC.CC.CCc1ccc(O)c([N+](=O)[O-])c1. The Morgan fingerprint density at radius 2 is 1.75 bits per heavy atom. The molecular formula is C12H21NO3. The van der Waals surface area contributed by atoms with Crippen molar-refractivity contribution in [2.75, 3.05) is 0 Å². The van der Waals surface area contributed by atoms with Gasteiger partial charge in [0.25, 0.3) is 0 Å². The van der Waals surface area contributed by atoms with E-state index in [1.807, 2.05) is 34.6 Å². The van der Waals surface area contributed by atoms with Crippen molar-refractivity contribution in [2.24, 2.45) is 0 Å². The maximum atomic E-state index is 10.3. The minimum Gasteiger partial charge on any atom is -0.502 e. The number of hydrogen-bond acceptors (Lipinski definition) is 3. The third-order valence-electron chi connectivity index (χ3n) is 1.64. The first-order valence-electron chi connectivity index (χ1n) is 5.61. The standard InChI is InChI=1S/C8H9NO3.2C2H6/c1-2-6-3-4-8(10)7(5-6)9(11)12;2*1-2/h3-5,10H,2H2,1H3;2*1-2H3. The number of phenols is 1. The molecular weight excluding hydrogens is 206 g/mol. The van der Waals surface area contributed by atoms with Gasteiger partial charge in [0.2, 0.25) is 0 Å². The van der Waals surface area contributed by atoms with Crippen molar-refractivity contribution in [3.8, 4) is 5.75 Å². The van der Waals surface area contributed by atoms with Gasteiger partial charge in [0.05, 0.1) is 4.92 Å². The molecule has 4 heteroatoms. The van der Waals surface area contributed by atoms with E-state index >= 15 is 0 Å². The van der Waals surface area contributed by atoms with Crippen molar-refractivity contribution in [1.82, 2.24) is 0 Å². The number of nitro benzene ring substituents is 1. The van der Waals surface area contributed by atoms with Gasteiger partial charge in [-0.2, -0.15) is 0 Å². The predicted molar refractivity (Wildman–Crippen MR) is 66.8 cm³/mol. The van der Waals surface area contributed by atoms with Crippen molar-refractivity contribution in [3.05, 3.63) is 33.9 Å². The summed E-state index contributed by atoms with van der Waals surface area (Å²) in [6.45, 7) is 9.90. The van der Waals surface area contributed by atoms with Gasteiger partial charge in [-0.25, -0.2) is 0 Å². The number of benzene rings is 1. The number of phenolic OH excluding ortho intramolecular Hbond substituents is 1. The summed E-state index contributed by atoms with van der Waals surface area (Å²) in [5.74, 6) is -0.280. The second-order valence-corrected chi connectivity index (χ2v) is 2.43. The quantitative estimate of drug-likeness (QED) is 0.615. The molecule has 0 amide bonds. The van der Waals surface area contributed by atoms with E-state index in [4.69, 9.17) is 5.11 Å². The minimum absolute atomic E-state index is 0.227. The second kappa shape index (κ2) is 9.96. The van der Waals surface area contributed by atoms with E-state index in [1.54, 1.807) is 6.07 Å². The van der Waals surface area contributed by atoms with Gasteiger partial charge in [-0.05, 0) is 18.1 Å². The van der Waals surface area contributed by atoms with Crippen LogP contribution in [0.5, 0.6) is 5.75 Å². The van der Waals surface area contributed by atoms with Crippen LogP contribution in [0.15, 0.2) is 18.2 Å². The maximum Gasteiger partial charge on any atom is 0.310 e. The largest absolute Gasteiger partial charge is 0.502 e. The van der Waals surface area contributed by atoms with E-state index in [-0.39, 0.29) is 11.4 Å². The van der Waals surface area contributed by atoms with Crippen LogP contribution in [-0.2, 0) is 6.42 Å². The fourth-order valence-electron chi connectivity index (χ4n) is 0.935. The Hall–Kier alpha value is -1.58. The van der Waals surface area contributed by atoms with E-state index in [2.05, 4.69) is 0 Å². The molecule has 4 nitrogen and oxygen atoms in total. The molecule has 92 valence electrons. The molecule has 0 atom stereocenters. The van der Waals surface area contributed by atoms with Gasteiger partial charge in [0.1, 0.15) is 0 Å². The van der Waals surface area contributed by atoms with Crippen LogP contribution < -0.4 is 0 Å². The first-order valence-corrected chi connectivity index (χ1v) is 5.61. The van der Waals surface area contributed by atoms with Crippen molar-refractivity contribution < 1.29 is 10.0 Å². The monoisotopic (exact) mass is 227 g/mol. The molecule has 0 unspecified atom stereocenters. The van der Waals surface area contributed by atoms with Crippen LogP contribution in [0.1, 0.15) is 40.2 Å². The van der Waals surface area contributed by atoms with Gasteiger partial charge in [-0.1, -0.05) is 40.7 Å². The molecule has 0 fully saturated rings. The third kappa shape index (κ3) is 5.34. The van der Waals surface area contributed by atoms with Crippen LogP contribution >= 0.6 is 0 Å². The number of nitrogens with zero attached hydrogens (tertiary/aromatic N) is 1. The summed E-state index contributed by atoms with van der Waals surface area (Å²) in [5.41, 5.74) is 0.619. The lowest BCUT2D eigenvalue weighted by atomic mass is 10.1. The Bertz CT molecular complexity index is 311. The fourth-order valence-corrected chi connectivity index (χ4v) is 0.935. The third-order valence-corrected chi connectivity index (χ3v) is 1.64. The number of rotatable bonds is 2. The summed E-state index contributed by atoms with van der Waals surface area (Å²) in [7, 11) is 0. The van der Waals surface area contributed by atoms with Crippen LogP contribution in [0.2, 0.25) is 0 Å². The van der Waals surface area contributed by atoms with Crippen molar-refractivity contribution in [1.29, 1.82) is 0 Å². The van der Waals surface area contributed by atoms with Gasteiger partial charge < -0.3 is 5.11 Å². The average molecular weight is 227 g/mol. The van der Waals surface area contributed by atoms with Gasteiger partial charge in [0.15, 0.2) is 5.75 Å². The molecule has 0 saturated carbocycles. The van der Waals surface area contributed by atoms with Crippen molar-refractivity contribution >= 4 is 5.69 Å². The van der Waals surface area contributed by atoms with E-state index in [0.29, 0.717) is 0 Å². The van der Waals surface area contributed by atoms with Crippen LogP contribution in [0.3, 0.4) is 0 Å². The van der Waals surface area contributed by atoms with E-state index in [1.165, 1.54) is 12.1 Å². The van der Waals surface area contributed by atoms with Gasteiger partial charge >= 0.3 is 5.69 Å². The molecule has 1 aromatic rings. The number of hydrogen-bond donors (Lipinski definition) is 1. The Kier molecular flexibility index (Phi) is 10.5. The molecule has 1 aromatic carbocycles. The van der Waals surface area contributed by atoms with E-state index < -0.39 is 4.92 Å². The zero-order chi connectivity index (χ0) is 13.1. The molecule has 0 spiro atoms. The summed E-state index contributed by atoms with van der Waals surface area (Å²) < 4.78 is 0. The first-order chi connectivity index (χ1) is 7.65. The maximum absolute atomic E-state index is 10.3. The van der Waals surface area contributed by atoms with Crippen molar-refractivity contribution in [2.45, 2.75) is 41.0 Å². The van der Waals surface area contributed by atoms with Crippen LogP contribution in [-0.4, -0.2) is 10.0 Å². The Balaban J connectivity index is 0. The van der Waals surface area contributed by atoms with Crippen LogP contribution in [0.4, 0.5) is 5.69 Å². The predicted octanol–water partition coefficient (Wildman–Crippen LogP) is 3.92. The minimum atomic E-state index is -0.589. The molecule has 0 radical (unpaired) electrons. The number of aromatic hydroxyl groups is 1. The Morgan fingerprint density at radius 1 is 1.25 bits per heavy atom. The molecule has 1 rings (SSSR count). The van der Waals surface area contributed by atoms with Gasteiger partial charge in [-0.15, -0.1) is 0 Å². The lowest BCUT2D eigenvalue weighted by molar-refractivity contribution is -0.385. The van der Waals surface area contributed by atoms with Crippen LogP contribution in [0, 0.1) is 10.1 Å². The highest BCUT2D eigenvalue weighted by molar-refractivity contribution is 5.47. The van der Waals surface area contributed by atoms with Gasteiger partial charge in [-0.3, -0.25) is 10.1 Å². The molecule has 1 N–H and O–H groups in total. The zero-order valence-corrected chi connectivity index (χ0v) is 10.7. The Morgan fingerprint density at radius 3 is 2.12 bits per heavy atom. The summed E-state index contributed by atoms with van der Waals surface area (Å²) in [5, 5.41) is 19.4. The van der Waals surface area contributed by atoms with Gasteiger partial charge in [0, 0.05) is 6.07 Å². The summed E-state index contributed by atoms with van der Waals surface area (Å²) in [6.07, 6.45) is 0.723. The average Bonchev–Trinajstić information content (AvgIpc) is 2.34. The first kappa shape index (κ1) is 16.8. The molecule has 16 heavy (non-hydrogen) atoms. The lowest BCUT2D eigenvalue weighted by Gasteiger charge is -1.98. The summed E-state index contributed by atoms with van der Waals surface area (Å²) >= 11 is 0.